The average molecular weight is 512 g/mol. The van der Waals surface area contributed by atoms with E-state index in [0.29, 0.717) is 38.3 Å². The van der Waals surface area contributed by atoms with Crippen molar-refractivity contribution in [2.45, 2.75) is 38.6 Å². The van der Waals surface area contributed by atoms with Crippen LogP contribution in [0.5, 0.6) is 5.75 Å². The molecule has 8 heteroatoms. The highest BCUT2D eigenvalue weighted by Gasteiger charge is 2.11. The van der Waals surface area contributed by atoms with E-state index >= 15 is 0 Å². The fraction of sp³-hybridized carbons (Fsp3) is 0.393. The van der Waals surface area contributed by atoms with Crippen molar-refractivity contribution in [3.63, 3.8) is 0 Å². The first-order valence-electron chi connectivity index (χ1n) is 12.3. The third-order valence-corrected chi connectivity index (χ3v) is 6.20. The van der Waals surface area contributed by atoms with Crippen LogP contribution in [0.15, 0.2) is 78.4 Å². The molecule has 0 saturated carbocycles. The molecular formula is C28H37N3O4S. The van der Waals surface area contributed by atoms with E-state index in [2.05, 4.69) is 16.0 Å². The normalized spacial score (nSPS) is 17.3. The summed E-state index contributed by atoms with van der Waals surface area (Å²) in [6.45, 7) is 3.37. The van der Waals surface area contributed by atoms with Crippen molar-refractivity contribution in [3.05, 3.63) is 78.4 Å². The summed E-state index contributed by atoms with van der Waals surface area (Å²) in [6.07, 6.45) is 15.7. The van der Waals surface area contributed by atoms with Gasteiger partial charge in [0.1, 0.15) is 5.75 Å². The molecular weight excluding hydrogens is 474 g/mol. The van der Waals surface area contributed by atoms with Crippen LogP contribution in [0.1, 0.15) is 32.6 Å². The molecule has 0 spiro atoms. The van der Waals surface area contributed by atoms with Gasteiger partial charge >= 0.3 is 0 Å². The van der Waals surface area contributed by atoms with Gasteiger partial charge in [-0.05, 0) is 43.2 Å². The molecule has 0 aromatic heterocycles. The van der Waals surface area contributed by atoms with Gasteiger partial charge in [-0.25, -0.2) is 0 Å². The second-order valence-electron chi connectivity index (χ2n) is 8.21. The number of thioether (sulfide) groups is 1. The largest absolute Gasteiger partial charge is 0.494 e. The van der Waals surface area contributed by atoms with Crippen molar-refractivity contribution in [3.8, 4) is 5.75 Å². The standard InChI is InChI=1S/C28H37N3O4S/c1-23(24-12-6-3-2-4-7-13-24)31-27(33)17-19-30-28(34)22-36-21-10-16-26(32)29-18-11-20-35-25-14-8-5-9-15-25/h2-9,12-15,23H,10-11,16-22H2,1H3,(H,29,32)(H,30,34)(H,31,33)/b3-2-,4-2?,6-3?,7-4-,12-6-,13-7?,24-12?,24-13+. The molecule has 0 radical (unpaired) electrons. The average Bonchev–Trinajstić information content (AvgIpc) is 2.84. The van der Waals surface area contributed by atoms with E-state index in [1.54, 1.807) is 0 Å². The molecule has 2 rings (SSSR count). The van der Waals surface area contributed by atoms with Crippen LogP contribution in [0.3, 0.4) is 0 Å². The smallest absolute Gasteiger partial charge is 0.230 e. The predicted octanol–water partition coefficient (Wildman–Crippen LogP) is 3.70. The number of benzene rings is 1. The molecule has 1 aromatic carbocycles. The van der Waals surface area contributed by atoms with E-state index < -0.39 is 0 Å². The van der Waals surface area contributed by atoms with E-state index in [1.165, 1.54) is 11.8 Å². The Bertz CT molecular complexity index is 941. The minimum atomic E-state index is -0.115. The summed E-state index contributed by atoms with van der Waals surface area (Å²) in [6, 6.07) is 9.48. The minimum absolute atomic E-state index is 0.0122. The van der Waals surface area contributed by atoms with E-state index in [0.717, 1.165) is 23.5 Å². The van der Waals surface area contributed by atoms with Gasteiger partial charge in [0.25, 0.3) is 0 Å². The summed E-state index contributed by atoms with van der Waals surface area (Å²) >= 11 is 1.49. The summed E-state index contributed by atoms with van der Waals surface area (Å²) in [5.41, 5.74) is 1.01. The molecule has 3 N–H and O–H groups in total. The van der Waals surface area contributed by atoms with Crippen LogP contribution in [0.2, 0.25) is 0 Å². The third kappa shape index (κ3) is 13.6. The van der Waals surface area contributed by atoms with Gasteiger partial charge in [-0.3, -0.25) is 14.4 Å². The number of allylic oxidation sites excluding steroid dienone is 6. The van der Waals surface area contributed by atoms with Gasteiger partial charge < -0.3 is 20.7 Å². The Labute approximate surface area is 218 Å². The first kappa shape index (κ1) is 29.0. The molecule has 194 valence electrons. The van der Waals surface area contributed by atoms with E-state index in [9.17, 15) is 14.4 Å². The van der Waals surface area contributed by atoms with Crippen LogP contribution in [0.4, 0.5) is 0 Å². The summed E-state index contributed by atoms with van der Waals surface area (Å²) in [7, 11) is 0. The number of carbonyl (C=O) groups is 3. The van der Waals surface area contributed by atoms with Crippen LogP contribution in [-0.2, 0) is 14.4 Å². The Hall–Kier alpha value is -3.26. The first-order chi connectivity index (χ1) is 17.5. The van der Waals surface area contributed by atoms with Crippen LogP contribution in [0, 0.1) is 0 Å². The number of carbonyl (C=O) groups excluding carboxylic acids is 3. The zero-order chi connectivity index (χ0) is 25.8. The highest BCUT2D eigenvalue weighted by molar-refractivity contribution is 7.99. The number of amides is 3. The first-order valence-corrected chi connectivity index (χ1v) is 13.5. The zero-order valence-corrected chi connectivity index (χ0v) is 21.7. The molecule has 1 aliphatic rings. The fourth-order valence-corrected chi connectivity index (χ4v) is 4.01. The summed E-state index contributed by atoms with van der Waals surface area (Å²) in [5.74, 6) is 1.67. The molecule has 7 nitrogen and oxygen atoms in total. The molecule has 36 heavy (non-hydrogen) atoms. The molecule has 1 aromatic rings. The van der Waals surface area contributed by atoms with Gasteiger partial charge in [0.05, 0.1) is 18.4 Å². The molecule has 0 fully saturated rings. The molecule has 0 bridgehead atoms. The van der Waals surface area contributed by atoms with Crippen molar-refractivity contribution >= 4 is 29.5 Å². The number of hydrogen-bond acceptors (Lipinski definition) is 5. The van der Waals surface area contributed by atoms with Crippen molar-refractivity contribution in [2.75, 3.05) is 31.2 Å². The lowest BCUT2D eigenvalue weighted by atomic mass is 10.1. The molecule has 1 unspecified atom stereocenters. The fourth-order valence-electron chi connectivity index (χ4n) is 3.23. The molecule has 0 heterocycles. The Kier molecular flexibility index (Phi) is 14.5. The molecule has 1 atom stereocenters. The monoisotopic (exact) mass is 511 g/mol. The number of para-hydroxylation sites is 1. The second-order valence-corrected chi connectivity index (χ2v) is 9.31. The Morgan fingerprint density at radius 2 is 1.61 bits per heavy atom. The van der Waals surface area contributed by atoms with Gasteiger partial charge in [-0.1, -0.05) is 60.7 Å². The molecule has 0 saturated heterocycles. The maximum atomic E-state index is 12.2. The molecule has 1 aliphatic carbocycles. The van der Waals surface area contributed by atoms with Crippen molar-refractivity contribution < 1.29 is 19.1 Å². The lowest BCUT2D eigenvalue weighted by molar-refractivity contribution is -0.122. The van der Waals surface area contributed by atoms with Crippen LogP contribution < -0.4 is 20.7 Å². The summed E-state index contributed by atoms with van der Waals surface area (Å²) in [4.78, 5) is 36.1. The topological polar surface area (TPSA) is 96.5 Å². The maximum absolute atomic E-state index is 12.2. The van der Waals surface area contributed by atoms with Gasteiger partial charge in [-0.2, -0.15) is 11.8 Å². The maximum Gasteiger partial charge on any atom is 0.230 e. The van der Waals surface area contributed by atoms with Gasteiger partial charge in [0.2, 0.25) is 17.7 Å². The van der Waals surface area contributed by atoms with E-state index in [-0.39, 0.29) is 30.2 Å². The number of rotatable bonds is 16. The molecule has 3 amide bonds. The van der Waals surface area contributed by atoms with Gasteiger partial charge in [0, 0.05) is 25.9 Å². The summed E-state index contributed by atoms with van der Waals surface area (Å²) in [5, 5.41) is 8.62. The van der Waals surface area contributed by atoms with E-state index in [1.807, 2.05) is 79.8 Å². The lowest BCUT2D eigenvalue weighted by Gasteiger charge is -2.15. The predicted molar refractivity (Wildman–Crippen MR) is 147 cm³/mol. The van der Waals surface area contributed by atoms with Gasteiger partial charge in [0.15, 0.2) is 0 Å². The SMILES string of the molecule is CC(NC(=O)CCNC(=O)CSCCCC(=O)NCCCOc1ccccc1)C1=C/C=C\C=C/C=C\1. The van der Waals surface area contributed by atoms with Crippen molar-refractivity contribution in [1.82, 2.24) is 16.0 Å². The highest BCUT2D eigenvalue weighted by atomic mass is 32.2. The summed E-state index contributed by atoms with van der Waals surface area (Å²) < 4.78 is 5.59. The van der Waals surface area contributed by atoms with Gasteiger partial charge in [-0.15, -0.1) is 0 Å². The quantitative estimate of drug-likeness (QED) is 0.294. The zero-order valence-electron chi connectivity index (χ0n) is 20.9. The Balaban J connectivity index is 1.43. The second kappa shape index (κ2) is 18.1. The Morgan fingerprint density at radius 1 is 0.861 bits per heavy atom. The highest BCUT2D eigenvalue weighted by Crippen LogP contribution is 2.09. The van der Waals surface area contributed by atoms with Crippen LogP contribution in [-0.4, -0.2) is 55.0 Å². The van der Waals surface area contributed by atoms with Crippen molar-refractivity contribution in [2.24, 2.45) is 0 Å². The van der Waals surface area contributed by atoms with Crippen LogP contribution in [0.25, 0.3) is 0 Å². The van der Waals surface area contributed by atoms with Crippen LogP contribution >= 0.6 is 11.8 Å². The number of nitrogens with one attached hydrogen (secondary N) is 3. The van der Waals surface area contributed by atoms with E-state index in [4.69, 9.17) is 4.74 Å². The number of ether oxygens (including phenoxy) is 1. The van der Waals surface area contributed by atoms with Crippen molar-refractivity contribution in [1.29, 1.82) is 0 Å². The Morgan fingerprint density at radius 3 is 2.44 bits per heavy atom. The lowest BCUT2D eigenvalue weighted by Crippen LogP contribution is -2.36. The third-order valence-electron chi connectivity index (χ3n) is 5.15. The minimum Gasteiger partial charge on any atom is -0.494 e. The molecule has 0 aliphatic heterocycles. The number of hydrogen-bond donors (Lipinski definition) is 3.